The first kappa shape index (κ1) is 12.8. The number of rotatable bonds is 4. The molecule has 4 rings (SSSR count). The van der Waals surface area contributed by atoms with Crippen LogP contribution in [-0.2, 0) is 25.6 Å². The normalized spacial score (nSPS) is 40.4. The molecule has 3 fully saturated rings. The van der Waals surface area contributed by atoms with Gasteiger partial charge in [0.2, 0.25) is 0 Å². The SMILES string of the molecule is CC1(C)O[C@H]2[C@H]3O[C@H]3[C@@H](COCc3ccccc3)[C@H]2O1. The molecule has 0 radical (unpaired) electrons. The molecule has 1 saturated carbocycles. The second kappa shape index (κ2) is 4.53. The molecule has 1 aromatic rings. The number of hydrogen-bond acceptors (Lipinski definition) is 4. The van der Waals surface area contributed by atoms with Crippen LogP contribution < -0.4 is 0 Å². The van der Waals surface area contributed by atoms with Crippen molar-refractivity contribution in [3.8, 4) is 0 Å². The molecule has 20 heavy (non-hydrogen) atoms. The fraction of sp³-hybridized carbons (Fsp3) is 0.625. The third-order valence-electron chi connectivity index (χ3n) is 4.31. The summed E-state index contributed by atoms with van der Waals surface area (Å²) in [5, 5.41) is 0. The van der Waals surface area contributed by atoms with Crippen LogP contribution in [0.5, 0.6) is 0 Å². The van der Waals surface area contributed by atoms with Gasteiger partial charge in [0.25, 0.3) is 0 Å². The molecule has 2 heterocycles. The molecule has 2 aliphatic heterocycles. The number of benzene rings is 1. The summed E-state index contributed by atoms with van der Waals surface area (Å²) in [7, 11) is 0. The van der Waals surface area contributed by atoms with Crippen molar-refractivity contribution in [2.24, 2.45) is 5.92 Å². The van der Waals surface area contributed by atoms with Crippen molar-refractivity contribution in [1.29, 1.82) is 0 Å². The molecule has 0 amide bonds. The Hall–Kier alpha value is -0.940. The number of epoxide rings is 1. The second-order valence-corrected chi connectivity index (χ2v) is 6.29. The lowest BCUT2D eigenvalue weighted by Crippen LogP contribution is -2.32. The minimum atomic E-state index is -0.496. The smallest absolute Gasteiger partial charge is 0.163 e. The summed E-state index contributed by atoms with van der Waals surface area (Å²) in [6, 6.07) is 10.2. The highest BCUT2D eigenvalue weighted by Crippen LogP contribution is 2.51. The van der Waals surface area contributed by atoms with Crippen LogP contribution in [0.25, 0.3) is 0 Å². The fourth-order valence-electron chi connectivity index (χ4n) is 3.41. The zero-order chi connectivity index (χ0) is 13.7. The van der Waals surface area contributed by atoms with Crippen LogP contribution in [0, 0.1) is 5.92 Å². The standard InChI is InChI=1S/C16H20O4/c1-16(2)19-13-11(12-14(18-12)15(13)20-16)9-17-8-10-6-4-3-5-7-10/h3-7,11-15H,8-9H2,1-2H3/t11-,12+,13-,14+,15-/m1/s1. The van der Waals surface area contributed by atoms with E-state index in [0.717, 1.165) is 0 Å². The van der Waals surface area contributed by atoms with Gasteiger partial charge >= 0.3 is 0 Å². The summed E-state index contributed by atoms with van der Waals surface area (Å²) < 4.78 is 23.5. The molecule has 108 valence electrons. The molecular weight excluding hydrogens is 256 g/mol. The van der Waals surface area contributed by atoms with Gasteiger partial charge in [0.1, 0.15) is 12.2 Å². The lowest BCUT2D eigenvalue weighted by Gasteiger charge is -2.22. The molecule has 4 nitrogen and oxygen atoms in total. The lowest BCUT2D eigenvalue weighted by molar-refractivity contribution is -0.156. The monoisotopic (exact) mass is 276 g/mol. The third kappa shape index (κ3) is 2.17. The number of hydrogen-bond donors (Lipinski definition) is 0. The van der Waals surface area contributed by atoms with E-state index in [4.69, 9.17) is 18.9 Å². The van der Waals surface area contributed by atoms with Crippen LogP contribution in [0.4, 0.5) is 0 Å². The lowest BCUT2D eigenvalue weighted by atomic mass is 10.1. The van der Waals surface area contributed by atoms with Crippen LogP contribution >= 0.6 is 0 Å². The van der Waals surface area contributed by atoms with Crippen LogP contribution in [0.15, 0.2) is 30.3 Å². The fourth-order valence-corrected chi connectivity index (χ4v) is 3.41. The first-order valence-corrected chi connectivity index (χ1v) is 7.27. The molecule has 0 unspecified atom stereocenters. The predicted octanol–water partition coefficient (Wildman–Crippen LogP) is 2.12. The molecule has 4 heteroatoms. The van der Waals surface area contributed by atoms with E-state index in [1.165, 1.54) is 5.56 Å². The van der Waals surface area contributed by atoms with Crippen LogP contribution in [-0.4, -0.2) is 36.8 Å². The Kier molecular flexibility index (Phi) is 2.89. The maximum absolute atomic E-state index is 6.01. The number of fused-ring (bicyclic) bond motifs is 3. The van der Waals surface area contributed by atoms with Gasteiger partial charge in [-0.3, -0.25) is 0 Å². The van der Waals surface area contributed by atoms with Gasteiger partial charge in [0, 0.05) is 5.92 Å². The molecule has 1 aromatic carbocycles. The minimum absolute atomic E-state index is 0.0836. The molecule has 0 N–H and O–H groups in total. The van der Waals surface area contributed by atoms with E-state index >= 15 is 0 Å². The van der Waals surface area contributed by atoms with Crippen molar-refractivity contribution in [2.75, 3.05) is 6.61 Å². The number of ether oxygens (including phenoxy) is 4. The van der Waals surface area contributed by atoms with Gasteiger partial charge in [-0.15, -0.1) is 0 Å². The van der Waals surface area contributed by atoms with Crippen molar-refractivity contribution in [3.05, 3.63) is 35.9 Å². The Morgan fingerprint density at radius 2 is 1.75 bits per heavy atom. The second-order valence-electron chi connectivity index (χ2n) is 6.29. The summed E-state index contributed by atoms with van der Waals surface area (Å²) in [5.41, 5.74) is 1.19. The predicted molar refractivity (Wildman–Crippen MR) is 72.1 cm³/mol. The maximum Gasteiger partial charge on any atom is 0.163 e. The van der Waals surface area contributed by atoms with Crippen molar-refractivity contribution in [2.45, 2.75) is 50.7 Å². The van der Waals surface area contributed by atoms with Crippen LogP contribution in [0.3, 0.4) is 0 Å². The van der Waals surface area contributed by atoms with Crippen molar-refractivity contribution >= 4 is 0 Å². The Bertz CT molecular complexity index is 487. The van der Waals surface area contributed by atoms with Gasteiger partial charge in [-0.1, -0.05) is 30.3 Å². The molecule has 0 aromatic heterocycles. The summed E-state index contributed by atoms with van der Waals surface area (Å²) in [5.74, 6) is -0.209. The first-order valence-electron chi connectivity index (χ1n) is 7.27. The molecule has 2 saturated heterocycles. The van der Waals surface area contributed by atoms with Crippen molar-refractivity contribution in [1.82, 2.24) is 0 Å². The molecule has 0 bridgehead atoms. The van der Waals surface area contributed by atoms with Crippen molar-refractivity contribution in [3.63, 3.8) is 0 Å². The van der Waals surface area contributed by atoms with E-state index < -0.39 is 5.79 Å². The van der Waals surface area contributed by atoms with Crippen LogP contribution in [0.1, 0.15) is 19.4 Å². The van der Waals surface area contributed by atoms with Crippen molar-refractivity contribution < 1.29 is 18.9 Å². The zero-order valence-corrected chi connectivity index (χ0v) is 11.8. The zero-order valence-electron chi connectivity index (χ0n) is 11.8. The average Bonchev–Trinajstić information content (AvgIpc) is 3.07. The van der Waals surface area contributed by atoms with E-state index in [1.807, 2.05) is 32.0 Å². The first-order chi connectivity index (χ1) is 9.64. The highest BCUT2D eigenvalue weighted by molar-refractivity contribution is 5.14. The Balaban J connectivity index is 1.35. The van der Waals surface area contributed by atoms with E-state index in [1.54, 1.807) is 0 Å². The van der Waals surface area contributed by atoms with Gasteiger partial charge in [0.15, 0.2) is 5.79 Å². The Morgan fingerprint density at radius 1 is 1.00 bits per heavy atom. The Labute approximate surface area is 119 Å². The quantitative estimate of drug-likeness (QED) is 0.790. The molecule has 1 aliphatic carbocycles. The third-order valence-corrected chi connectivity index (χ3v) is 4.31. The van der Waals surface area contributed by atoms with Gasteiger partial charge < -0.3 is 18.9 Å². The highest BCUT2D eigenvalue weighted by Gasteiger charge is 2.67. The van der Waals surface area contributed by atoms with Gasteiger partial charge in [-0.2, -0.15) is 0 Å². The van der Waals surface area contributed by atoms with E-state index in [-0.39, 0.29) is 30.3 Å². The molecule has 5 atom stereocenters. The Morgan fingerprint density at radius 3 is 2.55 bits per heavy atom. The van der Waals surface area contributed by atoms with E-state index in [2.05, 4.69) is 12.1 Å². The summed E-state index contributed by atoms with van der Waals surface area (Å²) in [6.07, 6.45) is 0.675. The topological polar surface area (TPSA) is 40.2 Å². The minimum Gasteiger partial charge on any atom is -0.376 e. The van der Waals surface area contributed by atoms with Crippen LogP contribution in [0.2, 0.25) is 0 Å². The summed E-state index contributed by atoms with van der Waals surface area (Å²) in [6.45, 7) is 5.22. The van der Waals surface area contributed by atoms with Gasteiger partial charge in [-0.25, -0.2) is 0 Å². The summed E-state index contributed by atoms with van der Waals surface area (Å²) in [4.78, 5) is 0. The average molecular weight is 276 g/mol. The van der Waals surface area contributed by atoms with Gasteiger partial charge in [0.05, 0.1) is 25.4 Å². The molecular formula is C16H20O4. The van der Waals surface area contributed by atoms with Gasteiger partial charge in [-0.05, 0) is 19.4 Å². The molecule has 3 aliphatic rings. The van der Waals surface area contributed by atoms with E-state index in [9.17, 15) is 0 Å². The summed E-state index contributed by atoms with van der Waals surface area (Å²) >= 11 is 0. The maximum atomic E-state index is 6.01. The molecule has 0 spiro atoms. The van der Waals surface area contributed by atoms with E-state index in [0.29, 0.717) is 13.2 Å². The largest absolute Gasteiger partial charge is 0.376 e. The highest BCUT2D eigenvalue weighted by atomic mass is 16.8.